The van der Waals surface area contributed by atoms with Crippen molar-refractivity contribution in [2.24, 2.45) is 0 Å². The van der Waals surface area contributed by atoms with Crippen LogP contribution in [0, 0.1) is 6.92 Å². The first-order valence-electron chi connectivity index (χ1n) is 9.80. The largest absolute Gasteiger partial charge is 0.437 e. The highest BCUT2D eigenvalue weighted by Gasteiger charge is 2.10. The summed E-state index contributed by atoms with van der Waals surface area (Å²) >= 11 is 0. The molecule has 0 unspecified atom stereocenters. The third-order valence-corrected chi connectivity index (χ3v) is 4.61. The van der Waals surface area contributed by atoms with E-state index in [0.717, 1.165) is 29.4 Å². The summed E-state index contributed by atoms with van der Waals surface area (Å²) in [6.07, 6.45) is 4.33. The van der Waals surface area contributed by atoms with Gasteiger partial charge in [0.2, 0.25) is 5.95 Å². The van der Waals surface area contributed by atoms with Crippen LogP contribution < -0.4 is 16.0 Å². The molecule has 0 aliphatic carbocycles. The predicted molar refractivity (Wildman–Crippen MR) is 121 cm³/mol. The van der Waals surface area contributed by atoms with E-state index in [1.54, 1.807) is 19.2 Å². The zero-order valence-corrected chi connectivity index (χ0v) is 17.4. The van der Waals surface area contributed by atoms with Crippen molar-refractivity contribution in [3.8, 4) is 0 Å². The molecule has 1 aromatic carbocycles. The van der Waals surface area contributed by atoms with Crippen LogP contribution >= 0.6 is 0 Å². The molecule has 0 spiro atoms. The molecule has 0 saturated heterocycles. The lowest BCUT2D eigenvalue weighted by Gasteiger charge is -2.17. The SMILES string of the molecule is CB(O)N(C)CCCNc1cc(C)nc(NC(=O)Nc2ccc3cnccc3c2)n1. The van der Waals surface area contributed by atoms with E-state index < -0.39 is 13.1 Å². The Balaban J connectivity index is 1.56. The van der Waals surface area contributed by atoms with Crippen molar-refractivity contribution in [3.63, 3.8) is 0 Å². The zero-order chi connectivity index (χ0) is 21.5. The molecule has 0 saturated carbocycles. The molecule has 9 nitrogen and oxygen atoms in total. The number of nitrogens with one attached hydrogen (secondary N) is 3. The van der Waals surface area contributed by atoms with E-state index in [1.807, 2.05) is 49.1 Å². The maximum atomic E-state index is 12.4. The zero-order valence-electron chi connectivity index (χ0n) is 17.4. The number of carbonyl (C=O) groups excluding carboxylic acids is 1. The summed E-state index contributed by atoms with van der Waals surface area (Å²) in [6, 6.07) is 8.89. The Bertz CT molecular complexity index is 1020. The molecule has 10 heteroatoms. The average molecular weight is 407 g/mol. The number of rotatable bonds is 8. The van der Waals surface area contributed by atoms with Crippen LogP contribution in [0.2, 0.25) is 6.82 Å². The summed E-state index contributed by atoms with van der Waals surface area (Å²) in [7, 11) is 1.40. The fourth-order valence-electron chi connectivity index (χ4n) is 2.87. The second-order valence-electron chi connectivity index (χ2n) is 7.13. The Morgan fingerprint density at radius 2 is 2.00 bits per heavy atom. The number of hydrogen-bond acceptors (Lipinski definition) is 7. The maximum absolute atomic E-state index is 12.4. The fraction of sp³-hybridized carbons (Fsp3) is 0.300. The van der Waals surface area contributed by atoms with Gasteiger partial charge in [0.1, 0.15) is 5.82 Å². The summed E-state index contributed by atoms with van der Waals surface area (Å²) in [5.41, 5.74) is 1.40. The first kappa shape index (κ1) is 21.5. The average Bonchev–Trinajstić information content (AvgIpc) is 2.70. The Morgan fingerprint density at radius 1 is 1.17 bits per heavy atom. The Labute approximate surface area is 176 Å². The third-order valence-electron chi connectivity index (χ3n) is 4.61. The topological polar surface area (TPSA) is 115 Å². The van der Waals surface area contributed by atoms with Gasteiger partial charge < -0.3 is 20.5 Å². The van der Waals surface area contributed by atoms with Crippen LogP contribution in [0.3, 0.4) is 0 Å². The fourth-order valence-corrected chi connectivity index (χ4v) is 2.87. The van der Waals surface area contributed by atoms with Crippen molar-refractivity contribution in [1.29, 1.82) is 0 Å². The van der Waals surface area contributed by atoms with Gasteiger partial charge in [-0.15, -0.1) is 0 Å². The van der Waals surface area contributed by atoms with E-state index in [4.69, 9.17) is 0 Å². The number of pyridine rings is 1. The second-order valence-corrected chi connectivity index (χ2v) is 7.13. The molecule has 0 bridgehead atoms. The highest BCUT2D eigenvalue weighted by atomic mass is 16.2. The van der Waals surface area contributed by atoms with E-state index in [2.05, 4.69) is 30.9 Å². The molecule has 3 rings (SSSR count). The van der Waals surface area contributed by atoms with E-state index in [9.17, 15) is 9.82 Å². The number of urea groups is 1. The van der Waals surface area contributed by atoms with Crippen molar-refractivity contribution in [2.75, 3.05) is 36.1 Å². The molecule has 0 radical (unpaired) electrons. The second kappa shape index (κ2) is 9.99. The van der Waals surface area contributed by atoms with Crippen LogP contribution in [-0.2, 0) is 0 Å². The van der Waals surface area contributed by atoms with E-state index >= 15 is 0 Å². The van der Waals surface area contributed by atoms with Gasteiger partial charge in [0.15, 0.2) is 0 Å². The van der Waals surface area contributed by atoms with Gasteiger partial charge in [-0.05, 0) is 57.3 Å². The number of aromatic nitrogens is 3. The Morgan fingerprint density at radius 3 is 2.80 bits per heavy atom. The number of amides is 2. The number of hydrogen-bond donors (Lipinski definition) is 4. The molecule has 30 heavy (non-hydrogen) atoms. The smallest absolute Gasteiger partial charge is 0.376 e. The lowest BCUT2D eigenvalue weighted by atomic mass is 9.86. The molecule has 0 aliphatic rings. The summed E-state index contributed by atoms with van der Waals surface area (Å²) in [4.78, 5) is 26.9. The van der Waals surface area contributed by atoms with Crippen LogP contribution in [0.1, 0.15) is 12.1 Å². The van der Waals surface area contributed by atoms with Gasteiger partial charge in [-0.25, -0.2) is 9.78 Å². The first-order chi connectivity index (χ1) is 14.4. The van der Waals surface area contributed by atoms with Crippen molar-refractivity contribution in [3.05, 3.63) is 48.4 Å². The third kappa shape index (κ3) is 6.13. The van der Waals surface area contributed by atoms with Gasteiger partial charge >= 0.3 is 13.1 Å². The first-order valence-corrected chi connectivity index (χ1v) is 9.80. The highest BCUT2D eigenvalue weighted by Crippen LogP contribution is 2.18. The maximum Gasteiger partial charge on any atom is 0.376 e. The van der Waals surface area contributed by atoms with E-state index in [-0.39, 0.29) is 5.95 Å². The van der Waals surface area contributed by atoms with Crippen LogP contribution in [0.5, 0.6) is 0 Å². The number of anilines is 3. The van der Waals surface area contributed by atoms with Crippen LogP contribution in [-0.4, -0.2) is 58.0 Å². The van der Waals surface area contributed by atoms with Gasteiger partial charge in [0.05, 0.1) is 0 Å². The molecule has 0 fully saturated rings. The molecule has 4 N–H and O–H groups in total. The molecule has 0 aliphatic heterocycles. The minimum atomic E-state index is -0.472. The molecule has 3 aromatic rings. The predicted octanol–water partition coefficient (Wildman–Crippen LogP) is 2.82. The minimum Gasteiger partial charge on any atom is -0.437 e. The van der Waals surface area contributed by atoms with Crippen molar-refractivity contribution < 1.29 is 9.82 Å². The number of benzene rings is 1. The normalized spacial score (nSPS) is 10.8. The van der Waals surface area contributed by atoms with Gasteiger partial charge in [-0.3, -0.25) is 10.3 Å². The van der Waals surface area contributed by atoms with Crippen LogP contribution in [0.4, 0.5) is 22.2 Å². The Hall–Kier alpha value is -3.24. The quantitative estimate of drug-likeness (QED) is 0.335. The van der Waals surface area contributed by atoms with Crippen molar-refractivity contribution >= 4 is 41.3 Å². The molecule has 2 heterocycles. The van der Waals surface area contributed by atoms with Crippen molar-refractivity contribution in [2.45, 2.75) is 20.2 Å². The molecule has 2 aromatic heterocycles. The summed E-state index contributed by atoms with van der Waals surface area (Å²) in [5, 5.41) is 20.2. The monoisotopic (exact) mass is 407 g/mol. The number of carbonyl (C=O) groups is 1. The van der Waals surface area contributed by atoms with Gasteiger partial charge in [-0.2, -0.15) is 4.98 Å². The van der Waals surface area contributed by atoms with E-state index in [1.165, 1.54) is 0 Å². The summed E-state index contributed by atoms with van der Waals surface area (Å²) in [6.45, 7) is 5.02. The van der Waals surface area contributed by atoms with Gasteiger partial charge in [-0.1, -0.05) is 6.07 Å². The minimum absolute atomic E-state index is 0.223. The standard InChI is InChI=1S/C20H26BN7O2/c1-14-11-18(23-8-4-10-28(3)21(2)30)26-19(24-14)27-20(29)25-17-6-5-16-13-22-9-7-15(16)12-17/h5-7,9,11-13,30H,4,8,10H2,1-3H3,(H3,23,24,25,26,27,29). The molecule has 0 atom stereocenters. The molecular weight excluding hydrogens is 381 g/mol. The van der Waals surface area contributed by atoms with Gasteiger partial charge in [0.25, 0.3) is 0 Å². The summed E-state index contributed by atoms with van der Waals surface area (Å²) < 4.78 is 0. The lowest BCUT2D eigenvalue weighted by molar-refractivity contribution is 0.262. The van der Waals surface area contributed by atoms with Crippen molar-refractivity contribution in [1.82, 2.24) is 19.8 Å². The number of aryl methyl sites for hydroxylation is 1. The van der Waals surface area contributed by atoms with Crippen LogP contribution in [0.25, 0.3) is 10.8 Å². The highest BCUT2D eigenvalue weighted by molar-refractivity contribution is 6.45. The summed E-state index contributed by atoms with van der Waals surface area (Å²) in [5.74, 6) is 0.858. The van der Waals surface area contributed by atoms with E-state index in [0.29, 0.717) is 18.1 Å². The number of fused-ring (bicyclic) bond motifs is 1. The Kier molecular flexibility index (Phi) is 7.15. The van der Waals surface area contributed by atoms with Gasteiger partial charge in [0, 0.05) is 41.8 Å². The van der Waals surface area contributed by atoms with Crippen LogP contribution in [0.15, 0.2) is 42.7 Å². The molecule has 156 valence electrons. The molecule has 2 amide bonds. The molecular formula is C20H26BN7O2. The lowest BCUT2D eigenvalue weighted by Crippen LogP contribution is -2.34. The number of nitrogens with zero attached hydrogens (tertiary/aromatic N) is 4.